The van der Waals surface area contributed by atoms with E-state index in [9.17, 15) is 4.79 Å². The minimum absolute atomic E-state index is 0.209. The van der Waals surface area contributed by atoms with Crippen LogP contribution in [-0.2, 0) is 0 Å². The van der Waals surface area contributed by atoms with Crippen LogP contribution in [0, 0.1) is 13.8 Å². The van der Waals surface area contributed by atoms with E-state index in [1.165, 1.54) is 11.3 Å². The molecule has 0 spiro atoms. The van der Waals surface area contributed by atoms with Crippen LogP contribution in [0.25, 0.3) is 22.2 Å². The highest BCUT2D eigenvalue weighted by atomic mass is 32.1. The molecule has 0 radical (unpaired) electrons. The zero-order valence-electron chi connectivity index (χ0n) is 19.5. The van der Waals surface area contributed by atoms with Crippen LogP contribution in [0.15, 0.2) is 87.6 Å². The van der Waals surface area contributed by atoms with Crippen LogP contribution >= 0.6 is 11.3 Å². The number of methoxy groups -OCH3 is 1. The Morgan fingerprint density at radius 1 is 1.03 bits per heavy atom. The van der Waals surface area contributed by atoms with E-state index in [1.54, 1.807) is 19.2 Å². The molecule has 2 aromatic heterocycles. The number of benzene rings is 3. The summed E-state index contributed by atoms with van der Waals surface area (Å²) >= 11 is 1.38. The van der Waals surface area contributed by atoms with Crippen molar-refractivity contribution in [1.82, 2.24) is 4.98 Å². The van der Waals surface area contributed by atoms with Gasteiger partial charge in [0, 0.05) is 22.4 Å². The van der Waals surface area contributed by atoms with Gasteiger partial charge in [0.05, 0.1) is 18.5 Å². The molecule has 3 aromatic carbocycles. The number of carbonyl (C=O) groups excluding carboxylic acids is 1. The molecule has 0 aliphatic carbocycles. The van der Waals surface area contributed by atoms with Crippen LogP contribution < -0.4 is 15.6 Å². The van der Waals surface area contributed by atoms with Crippen LogP contribution in [0.1, 0.15) is 21.5 Å². The number of hydrogen-bond acceptors (Lipinski definition) is 6. The Kier molecular flexibility index (Phi) is 6.16. The van der Waals surface area contributed by atoms with Gasteiger partial charge in [-0.3, -0.25) is 10.1 Å². The molecule has 35 heavy (non-hydrogen) atoms. The number of para-hydroxylation sites is 1. The maximum atomic E-state index is 13.4. The number of ether oxygens (including phenoxy) is 1. The van der Waals surface area contributed by atoms with Gasteiger partial charge in [0.1, 0.15) is 16.9 Å². The summed E-state index contributed by atoms with van der Waals surface area (Å²) < 4.78 is 11.3. The standard InChI is InChI=1S/C28H23N3O3S/c1-17-11-12-18(2)22(13-17)24-16-35-28(30-24)31-26(32)23-14-19-7-4-5-10-25(19)34-27(23)29-20-8-6-9-21(15-20)33-3/h4-16H,1-3H3,(H,30,31,32). The Morgan fingerprint density at radius 3 is 2.74 bits per heavy atom. The molecule has 0 atom stereocenters. The largest absolute Gasteiger partial charge is 0.497 e. The third-order valence-electron chi connectivity index (χ3n) is 5.58. The number of thiazole rings is 1. The van der Waals surface area contributed by atoms with Crippen molar-refractivity contribution < 1.29 is 13.9 Å². The summed E-state index contributed by atoms with van der Waals surface area (Å²) in [6.45, 7) is 4.10. The molecule has 0 saturated carbocycles. The van der Waals surface area contributed by atoms with Crippen molar-refractivity contribution in [2.45, 2.75) is 13.8 Å². The number of hydrogen-bond donors (Lipinski definition) is 1. The topological polar surface area (TPSA) is 76.7 Å². The van der Waals surface area contributed by atoms with Gasteiger partial charge in [0.2, 0.25) is 5.55 Å². The summed E-state index contributed by atoms with van der Waals surface area (Å²) in [4.78, 5) is 22.6. The molecular formula is C28H23N3O3S. The Bertz CT molecular complexity index is 1620. The number of rotatable bonds is 5. The summed E-state index contributed by atoms with van der Waals surface area (Å²) in [7, 11) is 1.60. The van der Waals surface area contributed by atoms with Crippen LogP contribution in [0.4, 0.5) is 10.8 Å². The summed E-state index contributed by atoms with van der Waals surface area (Å²) in [5, 5.41) is 6.18. The van der Waals surface area contributed by atoms with Gasteiger partial charge in [-0.25, -0.2) is 9.98 Å². The van der Waals surface area contributed by atoms with Gasteiger partial charge in [-0.1, -0.05) is 42.0 Å². The van der Waals surface area contributed by atoms with Crippen molar-refractivity contribution >= 4 is 39.0 Å². The Hall–Kier alpha value is -4.23. The van der Waals surface area contributed by atoms with Gasteiger partial charge in [0.25, 0.3) is 5.91 Å². The molecule has 7 heteroatoms. The second kappa shape index (κ2) is 9.56. The smallest absolute Gasteiger partial charge is 0.262 e. The average Bonchev–Trinajstić information content (AvgIpc) is 3.33. The van der Waals surface area contributed by atoms with Crippen molar-refractivity contribution in [3.8, 4) is 17.0 Å². The summed E-state index contributed by atoms with van der Waals surface area (Å²) in [6.07, 6.45) is 0. The van der Waals surface area contributed by atoms with E-state index in [0.717, 1.165) is 27.8 Å². The number of aryl methyl sites for hydroxylation is 2. The molecule has 174 valence electrons. The quantitative estimate of drug-likeness (QED) is 0.304. The number of anilines is 1. The zero-order valence-corrected chi connectivity index (χ0v) is 20.3. The first-order valence-electron chi connectivity index (χ1n) is 11.1. The molecule has 2 heterocycles. The molecular weight excluding hydrogens is 458 g/mol. The lowest BCUT2D eigenvalue weighted by molar-refractivity contribution is 0.102. The molecule has 5 rings (SSSR count). The SMILES string of the molecule is COc1cccc(N=c2oc3ccccc3cc2C(=O)Nc2nc(-c3cc(C)ccc3C)cs2)c1. The van der Waals surface area contributed by atoms with Gasteiger partial charge in [-0.15, -0.1) is 11.3 Å². The number of aromatic nitrogens is 1. The van der Waals surface area contributed by atoms with Gasteiger partial charge in [-0.05, 0) is 49.7 Å². The molecule has 0 unspecified atom stereocenters. The molecule has 0 aliphatic heterocycles. The monoisotopic (exact) mass is 481 g/mol. The fourth-order valence-corrected chi connectivity index (χ4v) is 4.45. The fraction of sp³-hybridized carbons (Fsp3) is 0.107. The van der Waals surface area contributed by atoms with Crippen molar-refractivity contribution in [2.75, 3.05) is 12.4 Å². The van der Waals surface area contributed by atoms with Crippen molar-refractivity contribution in [2.24, 2.45) is 4.99 Å². The Labute approximate surface area is 206 Å². The van der Waals surface area contributed by atoms with Crippen LogP contribution in [0.2, 0.25) is 0 Å². The lowest BCUT2D eigenvalue weighted by Gasteiger charge is -2.06. The van der Waals surface area contributed by atoms with Gasteiger partial charge < -0.3 is 9.15 Å². The van der Waals surface area contributed by atoms with Gasteiger partial charge in [-0.2, -0.15) is 0 Å². The maximum Gasteiger partial charge on any atom is 0.262 e. The highest BCUT2D eigenvalue weighted by molar-refractivity contribution is 7.14. The minimum atomic E-state index is -0.344. The molecule has 0 saturated heterocycles. The molecule has 5 aromatic rings. The molecule has 0 bridgehead atoms. The van der Waals surface area contributed by atoms with Gasteiger partial charge >= 0.3 is 0 Å². The zero-order chi connectivity index (χ0) is 24.4. The first-order valence-corrected chi connectivity index (χ1v) is 11.9. The molecule has 0 aliphatic rings. The summed E-state index contributed by atoms with van der Waals surface area (Å²) in [5.74, 6) is 0.322. The van der Waals surface area contributed by atoms with Crippen LogP contribution in [-0.4, -0.2) is 18.0 Å². The maximum absolute atomic E-state index is 13.4. The first-order chi connectivity index (χ1) is 17.0. The Balaban J connectivity index is 1.53. The highest BCUT2D eigenvalue weighted by Crippen LogP contribution is 2.28. The fourth-order valence-electron chi connectivity index (χ4n) is 3.74. The summed E-state index contributed by atoms with van der Waals surface area (Å²) in [6, 6.07) is 22.8. The number of amides is 1. The third kappa shape index (κ3) is 4.85. The van der Waals surface area contributed by atoms with Gasteiger partial charge in [0.15, 0.2) is 5.13 Å². The summed E-state index contributed by atoms with van der Waals surface area (Å²) in [5.41, 5.74) is 5.95. The number of nitrogens with zero attached hydrogens (tertiary/aromatic N) is 2. The molecule has 6 nitrogen and oxygen atoms in total. The van der Waals surface area contributed by atoms with E-state index in [-0.39, 0.29) is 11.5 Å². The minimum Gasteiger partial charge on any atom is -0.497 e. The average molecular weight is 482 g/mol. The van der Waals surface area contributed by atoms with Crippen molar-refractivity contribution in [3.63, 3.8) is 0 Å². The van der Waals surface area contributed by atoms with Crippen molar-refractivity contribution in [3.05, 3.63) is 100 Å². The van der Waals surface area contributed by atoms with E-state index in [1.807, 2.05) is 47.8 Å². The number of fused-ring (bicyclic) bond motifs is 1. The van der Waals surface area contributed by atoms with Crippen LogP contribution in [0.5, 0.6) is 5.75 Å². The van der Waals surface area contributed by atoms with E-state index < -0.39 is 0 Å². The second-order valence-corrected chi connectivity index (χ2v) is 8.98. The Morgan fingerprint density at radius 2 is 1.89 bits per heavy atom. The predicted octanol–water partition coefficient (Wildman–Crippen LogP) is 6.67. The number of nitrogens with one attached hydrogen (secondary N) is 1. The highest BCUT2D eigenvalue weighted by Gasteiger charge is 2.16. The van der Waals surface area contributed by atoms with Crippen LogP contribution in [0.3, 0.4) is 0 Å². The molecule has 0 fully saturated rings. The third-order valence-corrected chi connectivity index (χ3v) is 6.34. The molecule has 1 amide bonds. The first kappa shape index (κ1) is 22.6. The van der Waals surface area contributed by atoms with Crippen molar-refractivity contribution in [1.29, 1.82) is 0 Å². The number of carbonyl (C=O) groups is 1. The lowest BCUT2D eigenvalue weighted by atomic mass is 10.0. The second-order valence-electron chi connectivity index (χ2n) is 8.13. The molecule has 1 N–H and O–H groups in total. The lowest BCUT2D eigenvalue weighted by Crippen LogP contribution is -2.21. The van der Waals surface area contributed by atoms with E-state index in [0.29, 0.717) is 27.7 Å². The van der Waals surface area contributed by atoms with E-state index in [4.69, 9.17) is 9.15 Å². The normalized spacial score (nSPS) is 11.6. The van der Waals surface area contributed by atoms with E-state index >= 15 is 0 Å². The predicted molar refractivity (Wildman–Crippen MR) is 139 cm³/mol. The van der Waals surface area contributed by atoms with E-state index in [2.05, 4.69) is 47.3 Å².